The first-order valence-electron chi connectivity index (χ1n) is 11.6. The number of alkyl carbamates (subject to hydrolysis) is 1. The summed E-state index contributed by atoms with van der Waals surface area (Å²) in [6, 6.07) is 7.43. The van der Waals surface area contributed by atoms with E-state index in [1.54, 1.807) is 18.6 Å². The van der Waals surface area contributed by atoms with Crippen LogP contribution in [0.4, 0.5) is 4.79 Å². The summed E-state index contributed by atoms with van der Waals surface area (Å²) in [4.78, 5) is 27.0. The van der Waals surface area contributed by atoms with Crippen molar-refractivity contribution < 1.29 is 19.4 Å². The molecule has 2 N–H and O–H groups in total. The highest BCUT2D eigenvalue weighted by Gasteiger charge is 2.43. The SMILES string of the molecule is COC(=O)N[C@@H](C(C)C)C(O)N1C[C@@H](Oc2cnccn2)C[C@H]1C1=NC=C(c2ccc(Br)cc2)C1. The number of aromatic nitrogens is 2. The van der Waals surface area contributed by atoms with Crippen molar-refractivity contribution in [3.05, 3.63) is 59.1 Å². The van der Waals surface area contributed by atoms with Crippen LogP contribution in [0.1, 0.15) is 32.3 Å². The molecule has 3 heterocycles. The Hall–Kier alpha value is -2.82. The molecule has 1 unspecified atom stereocenters. The molecular formula is C25H30BrN5O4. The predicted octanol–water partition coefficient (Wildman–Crippen LogP) is 3.65. The van der Waals surface area contributed by atoms with Gasteiger partial charge in [0.2, 0.25) is 5.88 Å². The van der Waals surface area contributed by atoms with Crippen molar-refractivity contribution in [1.29, 1.82) is 0 Å². The van der Waals surface area contributed by atoms with E-state index in [2.05, 4.69) is 43.3 Å². The Morgan fingerprint density at radius 2 is 2.03 bits per heavy atom. The average Bonchev–Trinajstić information content (AvgIpc) is 3.50. The third-order valence-electron chi connectivity index (χ3n) is 6.33. The normalized spacial score (nSPS) is 21.9. The highest BCUT2D eigenvalue weighted by molar-refractivity contribution is 9.10. The van der Waals surface area contributed by atoms with Crippen LogP contribution in [0, 0.1) is 5.92 Å². The van der Waals surface area contributed by atoms with Gasteiger partial charge >= 0.3 is 6.09 Å². The number of halogens is 1. The number of benzene rings is 1. The second-order valence-electron chi connectivity index (χ2n) is 9.01. The number of likely N-dealkylation sites (tertiary alicyclic amines) is 1. The number of carbonyl (C=O) groups is 1. The monoisotopic (exact) mass is 543 g/mol. The number of hydrogen-bond acceptors (Lipinski definition) is 8. The van der Waals surface area contributed by atoms with Crippen molar-refractivity contribution in [3.63, 3.8) is 0 Å². The summed E-state index contributed by atoms with van der Waals surface area (Å²) < 4.78 is 11.9. The lowest BCUT2D eigenvalue weighted by Crippen LogP contribution is -2.56. The second-order valence-corrected chi connectivity index (χ2v) is 9.93. The van der Waals surface area contributed by atoms with Crippen molar-refractivity contribution in [2.24, 2.45) is 10.9 Å². The fourth-order valence-electron chi connectivity index (χ4n) is 4.52. The summed E-state index contributed by atoms with van der Waals surface area (Å²) in [5, 5.41) is 14.2. The molecule has 0 radical (unpaired) electrons. The summed E-state index contributed by atoms with van der Waals surface area (Å²) in [5.74, 6) is 0.398. The first-order valence-corrected chi connectivity index (χ1v) is 12.4. The van der Waals surface area contributed by atoms with E-state index in [1.807, 2.05) is 37.1 Å². The van der Waals surface area contributed by atoms with Gasteiger partial charge in [-0.2, -0.15) is 0 Å². The minimum absolute atomic E-state index is 0.0355. The molecule has 0 aliphatic carbocycles. The largest absolute Gasteiger partial charge is 0.472 e. The van der Waals surface area contributed by atoms with E-state index in [0.29, 0.717) is 25.3 Å². The molecule has 2 aliphatic heterocycles. The summed E-state index contributed by atoms with van der Waals surface area (Å²) in [5.41, 5.74) is 3.18. The van der Waals surface area contributed by atoms with Crippen molar-refractivity contribution in [1.82, 2.24) is 20.2 Å². The molecule has 10 heteroatoms. The van der Waals surface area contributed by atoms with E-state index in [-0.39, 0.29) is 18.1 Å². The van der Waals surface area contributed by atoms with Crippen LogP contribution in [0.5, 0.6) is 5.88 Å². The van der Waals surface area contributed by atoms with Gasteiger partial charge in [0.15, 0.2) is 0 Å². The quantitative estimate of drug-likeness (QED) is 0.522. The molecule has 1 saturated heterocycles. The van der Waals surface area contributed by atoms with Crippen LogP contribution in [0.3, 0.4) is 0 Å². The highest BCUT2D eigenvalue weighted by Crippen LogP contribution is 2.33. The molecular weight excluding hydrogens is 514 g/mol. The molecule has 2 aromatic rings. The number of allylic oxidation sites excluding steroid dienone is 1. The Labute approximate surface area is 213 Å². The van der Waals surface area contributed by atoms with E-state index >= 15 is 0 Å². The number of hydrogen-bond donors (Lipinski definition) is 2. The number of nitrogens with zero attached hydrogens (tertiary/aromatic N) is 4. The Balaban J connectivity index is 1.54. The number of aliphatic imine (C=N–C) groups is 1. The number of aliphatic hydroxyl groups is 1. The minimum Gasteiger partial charge on any atom is -0.472 e. The van der Waals surface area contributed by atoms with E-state index in [1.165, 1.54) is 7.11 Å². The van der Waals surface area contributed by atoms with Crippen molar-refractivity contribution in [3.8, 4) is 5.88 Å². The van der Waals surface area contributed by atoms with Crippen LogP contribution in [0.15, 0.2) is 58.5 Å². The lowest BCUT2D eigenvalue weighted by atomic mass is 9.97. The van der Waals surface area contributed by atoms with Gasteiger partial charge in [-0.25, -0.2) is 9.78 Å². The van der Waals surface area contributed by atoms with Crippen molar-refractivity contribution in [2.45, 2.75) is 51.1 Å². The second kappa shape index (κ2) is 11.3. The Bertz CT molecular complexity index is 1080. The maximum absolute atomic E-state index is 12.0. The van der Waals surface area contributed by atoms with Crippen molar-refractivity contribution >= 4 is 33.3 Å². The minimum atomic E-state index is -0.964. The fourth-order valence-corrected chi connectivity index (χ4v) is 4.79. The molecule has 9 nitrogen and oxygen atoms in total. The van der Waals surface area contributed by atoms with E-state index < -0.39 is 18.4 Å². The fraction of sp³-hybridized carbons (Fsp3) is 0.440. The number of ether oxygens (including phenoxy) is 2. The molecule has 1 fully saturated rings. The number of methoxy groups -OCH3 is 1. The van der Waals surface area contributed by atoms with Gasteiger partial charge in [0.25, 0.3) is 0 Å². The molecule has 1 aromatic carbocycles. The molecule has 2 aliphatic rings. The zero-order valence-corrected chi connectivity index (χ0v) is 21.6. The topological polar surface area (TPSA) is 109 Å². The van der Waals surface area contributed by atoms with Crippen molar-refractivity contribution in [2.75, 3.05) is 13.7 Å². The Morgan fingerprint density at radius 1 is 1.26 bits per heavy atom. The summed E-state index contributed by atoms with van der Waals surface area (Å²) >= 11 is 3.48. The zero-order valence-electron chi connectivity index (χ0n) is 20.0. The van der Waals surface area contributed by atoms with E-state index in [4.69, 9.17) is 14.5 Å². The van der Waals surface area contributed by atoms with Gasteiger partial charge in [-0.1, -0.05) is 41.9 Å². The molecule has 0 saturated carbocycles. The molecule has 0 spiro atoms. The van der Waals surface area contributed by atoms with Crippen LogP contribution in [-0.4, -0.2) is 69.8 Å². The highest BCUT2D eigenvalue weighted by atomic mass is 79.9. The number of carbonyl (C=O) groups excluding carboxylic acids is 1. The van der Waals surface area contributed by atoms with Gasteiger partial charge in [0.1, 0.15) is 12.3 Å². The molecule has 35 heavy (non-hydrogen) atoms. The third kappa shape index (κ3) is 6.06. The first kappa shape index (κ1) is 25.3. The number of amides is 1. The number of aliphatic hydroxyl groups excluding tert-OH is 1. The smallest absolute Gasteiger partial charge is 0.407 e. The molecule has 186 valence electrons. The van der Waals surface area contributed by atoms with Crippen LogP contribution in [0.25, 0.3) is 5.57 Å². The maximum Gasteiger partial charge on any atom is 0.407 e. The lowest BCUT2D eigenvalue weighted by Gasteiger charge is -2.36. The number of nitrogens with one attached hydrogen (secondary N) is 1. The maximum atomic E-state index is 12.0. The van der Waals surface area contributed by atoms with E-state index in [9.17, 15) is 9.90 Å². The Kier molecular flexibility index (Phi) is 8.15. The lowest BCUT2D eigenvalue weighted by molar-refractivity contribution is -0.0346. The van der Waals surface area contributed by atoms with E-state index in [0.717, 1.165) is 21.3 Å². The molecule has 1 aromatic heterocycles. The molecule has 4 rings (SSSR count). The molecule has 4 atom stereocenters. The summed E-state index contributed by atoms with van der Waals surface area (Å²) in [7, 11) is 1.31. The third-order valence-corrected chi connectivity index (χ3v) is 6.86. The van der Waals surface area contributed by atoms with Crippen LogP contribution >= 0.6 is 15.9 Å². The van der Waals surface area contributed by atoms with Gasteiger partial charge in [-0.3, -0.25) is 14.9 Å². The summed E-state index contributed by atoms with van der Waals surface area (Å²) in [6.07, 6.45) is 6.17. The van der Waals surface area contributed by atoms with Gasteiger partial charge in [0, 0.05) is 48.2 Å². The van der Waals surface area contributed by atoms with Gasteiger partial charge < -0.3 is 19.9 Å². The summed E-state index contributed by atoms with van der Waals surface area (Å²) in [6.45, 7) is 4.34. The van der Waals surface area contributed by atoms with Gasteiger partial charge in [-0.15, -0.1) is 0 Å². The molecule has 1 amide bonds. The average molecular weight is 544 g/mol. The van der Waals surface area contributed by atoms with Crippen LogP contribution in [0.2, 0.25) is 0 Å². The van der Waals surface area contributed by atoms with Crippen LogP contribution in [-0.2, 0) is 4.74 Å². The Morgan fingerprint density at radius 3 is 2.69 bits per heavy atom. The first-order chi connectivity index (χ1) is 16.9. The van der Waals surface area contributed by atoms with Gasteiger partial charge in [0.05, 0.1) is 25.4 Å². The standard InChI is InChI=1S/C25H30BrN5O4/c1-15(2)23(30-25(33)34-3)24(32)31-14-19(35-22-13-27-8-9-28-22)11-21(31)20-10-17(12-29-20)16-4-6-18(26)7-5-16/h4-9,12-13,15,19,21,23-24,32H,10-11,14H2,1-3H3,(H,30,33)/t19-,21-,23-,24?/m0/s1. The molecule has 0 bridgehead atoms. The predicted molar refractivity (Wildman–Crippen MR) is 136 cm³/mol. The number of rotatable bonds is 8. The van der Waals surface area contributed by atoms with Crippen LogP contribution < -0.4 is 10.1 Å². The zero-order chi connectivity index (χ0) is 24.9. The van der Waals surface area contributed by atoms with Gasteiger partial charge in [-0.05, 0) is 29.2 Å².